The second-order valence-electron chi connectivity index (χ2n) is 3.71. The van der Waals surface area contributed by atoms with Crippen molar-refractivity contribution < 1.29 is 14.8 Å². The van der Waals surface area contributed by atoms with Crippen molar-refractivity contribution in [2.45, 2.75) is 6.42 Å². The molecule has 92 valence electrons. The summed E-state index contributed by atoms with van der Waals surface area (Å²) >= 11 is 0. The highest BCUT2D eigenvalue weighted by Gasteiger charge is 2.11. The molecule has 0 saturated heterocycles. The number of hydrogen-bond acceptors (Lipinski definition) is 4. The molecule has 0 fully saturated rings. The first kappa shape index (κ1) is 13.7. The van der Waals surface area contributed by atoms with Crippen molar-refractivity contribution in [1.29, 1.82) is 0 Å². The van der Waals surface area contributed by atoms with Crippen LogP contribution in [0.5, 0.6) is 0 Å². The van der Waals surface area contributed by atoms with Gasteiger partial charge in [0.05, 0.1) is 0 Å². The van der Waals surface area contributed by atoms with E-state index in [4.69, 9.17) is 10.0 Å². The third-order valence-electron chi connectivity index (χ3n) is 2.36. The predicted molar refractivity (Wildman–Crippen MR) is 67.1 cm³/mol. The summed E-state index contributed by atoms with van der Waals surface area (Å²) in [7, 11) is 0.364. The zero-order valence-corrected chi connectivity index (χ0v) is 9.81. The zero-order valence-electron chi connectivity index (χ0n) is 9.81. The van der Waals surface area contributed by atoms with Crippen LogP contribution in [-0.2, 0) is 0 Å². The molecule has 1 amide bonds. The summed E-state index contributed by atoms with van der Waals surface area (Å²) in [5.41, 5.74) is 0.885. The van der Waals surface area contributed by atoms with Gasteiger partial charge in [0.15, 0.2) is 0 Å². The molecule has 5 nitrogen and oxygen atoms in total. The minimum atomic E-state index is -1.50. The van der Waals surface area contributed by atoms with Crippen molar-refractivity contribution in [1.82, 2.24) is 10.6 Å². The van der Waals surface area contributed by atoms with Gasteiger partial charge in [0.2, 0.25) is 0 Å². The van der Waals surface area contributed by atoms with E-state index in [1.165, 1.54) is 12.1 Å². The summed E-state index contributed by atoms with van der Waals surface area (Å²) in [6.45, 7) is 1.47. The standard InChI is InChI=1S/C11H17BN2O3/c1-13-7-2-8-14-11(15)9-3-5-10(6-4-9)12(16)17/h3-6,13,16-17H,2,7-8H2,1H3,(H,14,15). The SMILES string of the molecule is CNCCCNC(=O)c1ccc(B(O)O)cc1. The topological polar surface area (TPSA) is 81.6 Å². The maximum Gasteiger partial charge on any atom is 0.488 e. The fourth-order valence-corrected chi connectivity index (χ4v) is 1.38. The van der Waals surface area contributed by atoms with Crippen LogP contribution in [0.1, 0.15) is 16.8 Å². The van der Waals surface area contributed by atoms with Gasteiger partial charge in [-0.3, -0.25) is 4.79 Å². The van der Waals surface area contributed by atoms with Crippen molar-refractivity contribution in [2.75, 3.05) is 20.1 Å². The van der Waals surface area contributed by atoms with Crippen LogP contribution in [0, 0.1) is 0 Å². The zero-order chi connectivity index (χ0) is 12.7. The molecule has 1 aromatic rings. The number of rotatable bonds is 6. The lowest BCUT2D eigenvalue weighted by atomic mass is 9.80. The second-order valence-corrected chi connectivity index (χ2v) is 3.71. The van der Waals surface area contributed by atoms with Gasteiger partial charge in [-0.1, -0.05) is 12.1 Å². The van der Waals surface area contributed by atoms with Gasteiger partial charge in [-0.25, -0.2) is 0 Å². The third-order valence-corrected chi connectivity index (χ3v) is 2.36. The lowest BCUT2D eigenvalue weighted by molar-refractivity contribution is 0.0953. The Balaban J connectivity index is 2.46. The quantitative estimate of drug-likeness (QED) is 0.366. The van der Waals surface area contributed by atoms with Crippen LogP contribution >= 0.6 is 0 Å². The summed E-state index contributed by atoms with van der Waals surface area (Å²) in [5, 5.41) is 23.6. The Kier molecular flexibility index (Phi) is 5.69. The fraction of sp³-hybridized carbons (Fsp3) is 0.364. The van der Waals surface area contributed by atoms with Gasteiger partial charge in [-0.2, -0.15) is 0 Å². The molecule has 1 aromatic carbocycles. The number of nitrogens with one attached hydrogen (secondary N) is 2. The van der Waals surface area contributed by atoms with Crippen LogP contribution in [0.4, 0.5) is 0 Å². The van der Waals surface area contributed by atoms with E-state index in [2.05, 4.69) is 10.6 Å². The maximum atomic E-state index is 11.6. The third kappa shape index (κ3) is 4.56. The Morgan fingerprint density at radius 1 is 1.24 bits per heavy atom. The summed E-state index contributed by atoms with van der Waals surface area (Å²) in [6, 6.07) is 6.19. The average molecular weight is 236 g/mol. The molecule has 0 aromatic heterocycles. The molecule has 0 aliphatic rings. The molecule has 1 rings (SSSR count). The van der Waals surface area contributed by atoms with Gasteiger partial charge in [0.25, 0.3) is 5.91 Å². The van der Waals surface area contributed by atoms with Crippen LogP contribution in [0.15, 0.2) is 24.3 Å². The first-order valence-corrected chi connectivity index (χ1v) is 5.54. The van der Waals surface area contributed by atoms with Crippen molar-refractivity contribution in [3.8, 4) is 0 Å². The molecule has 0 aliphatic carbocycles. The summed E-state index contributed by atoms with van der Waals surface area (Å²) < 4.78 is 0. The van der Waals surface area contributed by atoms with Crippen LogP contribution in [-0.4, -0.2) is 43.2 Å². The van der Waals surface area contributed by atoms with E-state index in [0.717, 1.165) is 13.0 Å². The van der Waals surface area contributed by atoms with Crippen LogP contribution in [0.3, 0.4) is 0 Å². The number of amides is 1. The number of carbonyl (C=O) groups excluding carboxylic acids is 1. The molecule has 17 heavy (non-hydrogen) atoms. The van der Waals surface area contributed by atoms with Crippen molar-refractivity contribution in [3.05, 3.63) is 29.8 Å². The van der Waals surface area contributed by atoms with Gasteiger partial charge in [-0.05, 0) is 37.6 Å². The summed E-state index contributed by atoms with van der Waals surface area (Å²) in [5.74, 6) is -0.153. The van der Waals surface area contributed by atoms with E-state index in [0.29, 0.717) is 17.6 Å². The Hall–Kier alpha value is -1.37. The molecule has 6 heteroatoms. The molecule has 0 atom stereocenters. The first-order chi connectivity index (χ1) is 8.15. The predicted octanol–water partition coefficient (Wildman–Crippen LogP) is -1.29. The highest BCUT2D eigenvalue weighted by molar-refractivity contribution is 6.58. The monoisotopic (exact) mass is 236 g/mol. The molecule has 0 saturated carbocycles. The van der Waals surface area contributed by atoms with Crippen LogP contribution in [0.25, 0.3) is 0 Å². The van der Waals surface area contributed by atoms with E-state index < -0.39 is 7.12 Å². The minimum Gasteiger partial charge on any atom is -0.423 e. The van der Waals surface area contributed by atoms with Crippen LogP contribution < -0.4 is 16.1 Å². The number of benzene rings is 1. The van der Waals surface area contributed by atoms with E-state index >= 15 is 0 Å². The molecule has 0 spiro atoms. The van der Waals surface area contributed by atoms with E-state index in [-0.39, 0.29) is 5.91 Å². The molecule has 0 bridgehead atoms. The molecule has 0 unspecified atom stereocenters. The highest BCUT2D eigenvalue weighted by atomic mass is 16.4. The second kappa shape index (κ2) is 7.06. The lowest BCUT2D eigenvalue weighted by Gasteiger charge is -2.05. The molecule has 0 heterocycles. The maximum absolute atomic E-state index is 11.6. The summed E-state index contributed by atoms with van der Waals surface area (Å²) in [6.07, 6.45) is 0.871. The molecule has 0 aliphatic heterocycles. The average Bonchev–Trinajstić information content (AvgIpc) is 2.34. The Morgan fingerprint density at radius 2 is 1.88 bits per heavy atom. The van der Waals surface area contributed by atoms with Crippen LogP contribution in [0.2, 0.25) is 0 Å². The van der Waals surface area contributed by atoms with E-state index in [1.54, 1.807) is 12.1 Å². The van der Waals surface area contributed by atoms with Crippen molar-refractivity contribution >= 4 is 18.5 Å². The molecule has 0 radical (unpaired) electrons. The summed E-state index contributed by atoms with van der Waals surface area (Å²) in [4.78, 5) is 11.6. The fourth-order valence-electron chi connectivity index (χ4n) is 1.38. The van der Waals surface area contributed by atoms with Gasteiger partial charge < -0.3 is 20.7 Å². The first-order valence-electron chi connectivity index (χ1n) is 5.54. The Bertz CT molecular complexity index is 354. The largest absolute Gasteiger partial charge is 0.488 e. The van der Waals surface area contributed by atoms with E-state index in [1.807, 2.05) is 7.05 Å². The number of carbonyl (C=O) groups is 1. The van der Waals surface area contributed by atoms with Crippen molar-refractivity contribution in [3.63, 3.8) is 0 Å². The van der Waals surface area contributed by atoms with Gasteiger partial charge in [0, 0.05) is 12.1 Å². The smallest absolute Gasteiger partial charge is 0.423 e. The Labute approximate surface area is 101 Å². The highest BCUT2D eigenvalue weighted by Crippen LogP contribution is 1.97. The molecular weight excluding hydrogens is 219 g/mol. The Morgan fingerprint density at radius 3 is 2.41 bits per heavy atom. The minimum absolute atomic E-state index is 0.153. The van der Waals surface area contributed by atoms with Gasteiger partial charge in [0.1, 0.15) is 0 Å². The van der Waals surface area contributed by atoms with Crippen molar-refractivity contribution in [2.24, 2.45) is 0 Å². The lowest BCUT2D eigenvalue weighted by Crippen LogP contribution is -2.31. The molecular formula is C11H17BN2O3. The molecule has 4 N–H and O–H groups in total. The van der Waals surface area contributed by atoms with Gasteiger partial charge in [-0.15, -0.1) is 0 Å². The van der Waals surface area contributed by atoms with E-state index in [9.17, 15) is 4.79 Å². The normalized spacial score (nSPS) is 10.1. The number of hydrogen-bond donors (Lipinski definition) is 4. The van der Waals surface area contributed by atoms with Gasteiger partial charge >= 0.3 is 7.12 Å².